The number of rotatable bonds is 8. The molecule has 9 aromatic carbocycles. The summed E-state index contributed by atoms with van der Waals surface area (Å²) in [5.74, 6) is 0. The van der Waals surface area contributed by atoms with Crippen molar-refractivity contribution in [1.29, 1.82) is 0 Å². The van der Waals surface area contributed by atoms with Crippen molar-refractivity contribution in [3.05, 3.63) is 224 Å². The zero-order valence-corrected chi connectivity index (χ0v) is 30.7. The third kappa shape index (κ3) is 6.44. The molecule has 0 aliphatic carbocycles. The maximum atomic E-state index is 6.11. The number of benzene rings is 9. The van der Waals surface area contributed by atoms with Gasteiger partial charge in [0.15, 0.2) is 0 Å². The van der Waals surface area contributed by atoms with Gasteiger partial charge in [0.1, 0.15) is 11.2 Å². The number of hydrogen-bond acceptors (Lipinski definition) is 2. The Labute approximate surface area is 327 Å². The topological polar surface area (TPSA) is 16.4 Å². The molecule has 0 fully saturated rings. The molecule has 0 atom stereocenters. The molecule has 2 heteroatoms. The molecule has 0 aliphatic heterocycles. The molecule has 2 nitrogen and oxygen atoms in total. The molecular weight excluding hydrogens is 679 g/mol. The van der Waals surface area contributed by atoms with Crippen LogP contribution in [0.25, 0.3) is 77.6 Å². The molecular formula is C54H37NO. The Morgan fingerprint density at radius 2 is 0.571 bits per heavy atom. The summed E-state index contributed by atoms with van der Waals surface area (Å²) in [6.07, 6.45) is 0. The predicted octanol–water partition coefficient (Wildman–Crippen LogP) is 15.4. The minimum absolute atomic E-state index is 0.906. The summed E-state index contributed by atoms with van der Waals surface area (Å²) in [5, 5.41) is 2.27. The molecule has 0 amide bonds. The Kier molecular flexibility index (Phi) is 8.55. The Morgan fingerprint density at radius 3 is 1.09 bits per heavy atom. The van der Waals surface area contributed by atoms with Gasteiger partial charge in [-0.25, -0.2) is 0 Å². The minimum atomic E-state index is 0.906. The molecule has 1 heterocycles. The number of fused-ring (bicyclic) bond motifs is 3. The lowest BCUT2D eigenvalue weighted by Crippen LogP contribution is -2.09. The van der Waals surface area contributed by atoms with Gasteiger partial charge in [-0.05, 0) is 116 Å². The van der Waals surface area contributed by atoms with Gasteiger partial charge in [0.05, 0.1) is 0 Å². The van der Waals surface area contributed by atoms with Crippen LogP contribution < -0.4 is 4.90 Å². The number of para-hydroxylation sites is 1. The van der Waals surface area contributed by atoms with E-state index < -0.39 is 0 Å². The monoisotopic (exact) mass is 715 g/mol. The Bertz CT molecular complexity index is 2910. The normalized spacial score (nSPS) is 11.2. The first-order valence-corrected chi connectivity index (χ1v) is 19.1. The second kappa shape index (κ2) is 14.4. The fraction of sp³-hybridized carbons (Fsp3) is 0. The number of nitrogens with zero attached hydrogens (tertiary/aromatic N) is 1. The Morgan fingerprint density at radius 1 is 0.232 bits per heavy atom. The maximum Gasteiger partial charge on any atom is 0.135 e. The first-order valence-electron chi connectivity index (χ1n) is 19.1. The molecule has 0 aliphatic rings. The molecule has 0 spiro atoms. The third-order valence-electron chi connectivity index (χ3n) is 10.7. The number of furan rings is 1. The van der Waals surface area contributed by atoms with Crippen molar-refractivity contribution in [2.75, 3.05) is 4.90 Å². The molecule has 0 saturated carbocycles. The van der Waals surface area contributed by atoms with Crippen LogP contribution in [0.5, 0.6) is 0 Å². The van der Waals surface area contributed by atoms with Crippen molar-refractivity contribution in [2.24, 2.45) is 0 Å². The Balaban J connectivity index is 0.992. The molecule has 1 aromatic heterocycles. The van der Waals surface area contributed by atoms with Crippen molar-refractivity contribution < 1.29 is 4.42 Å². The Hall–Kier alpha value is -7.42. The largest absolute Gasteiger partial charge is 0.456 e. The van der Waals surface area contributed by atoms with Gasteiger partial charge in [-0.3, -0.25) is 0 Å². The van der Waals surface area contributed by atoms with Gasteiger partial charge in [-0.1, -0.05) is 164 Å². The van der Waals surface area contributed by atoms with E-state index in [4.69, 9.17) is 4.42 Å². The van der Waals surface area contributed by atoms with Crippen LogP contribution in [0.3, 0.4) is 0 Å². The fourth-order valence-electron chi connectivity index (χ4n) is 7.76. The van der Waals surface area contributed by atoms with E-state index in [1.807, 2.05) is 12.1 Å². The molecule has 0 unspecified atom stereocenters. The maximum absolute atomic E-state index is 6.11. The zero-order valence-electron chi connectivity index (χ0n) is 30.7. The van der Waals surface area contributed by atoms with E-state index >= 15 is 0 Å². The summed E-state index contributed by atoms with van der Waals surface area (Å²) in [6, 6.07) is 80.1. The van der Waals surface area contributed by atoms with E-state index in [0.717, 1.165) is 50.1 Å². The van der Waals surface area contributed by atoms with Crippen LogP contribution in [0.2, 0.25) is 0 Å². The average molecular weight is 716 g/mol. The van der Waals surface area contributed by atoms with Gasteiger partial charge in [-0.15, -0.1) is 0 Å². The van der Waals surface area contributed by atoms with Crippen LogP contribution in [0.4, 0.5) is 17.1 Å². The summed E-state index contributed by atoms with van der Waals surface area (Å²) in [7, 11) is 0. The van der Waals surface area contributed by atoms with Crippen LogP contribution in [-0.2, 0) is 0 Å². The smallest absolute Gasteiger partial charge is 0.135 e. The fourth-order valence-corrected chi connectivity index (χ4v) is 7.76. The van der Waals surface area contributed by atoms with Gasteiger partial charge in [-0.2, -0.15) is 0 Å². The lowest BCUT2D eigenvalue weighted by molar-refractivity contribution is 0.669. The highest BCUT2D eigenvalue weighted by atomic mass is 16.3. The third-order valence-corrected chi connectivity index (χ3v) is 10.7. The van der Waals surface area contributed by atoms with E-state index in [1.165, 1.54) is 44.5 Å². The molecule has 56 heavy (non-hydrogen) atoms. The highest BCUT2D eigenvalue weighted by molar-refractivity contribution is 6.06. The van der Waals surface area contributed by atoms with Gasteiger partial charge in [0.25, 0.3) is 0 Å². The van der Waals surface area contributed by atoms with Gasteiger partial charge in [0.2, 0.25) is 0 Å². The summed E-state index contributed by atoms with van der Waals surface area (Å²) < 4.78 is 6.11. The van der Waals surface area contributed by atoms with Gasteiger partial charge in [0, 0.05) is 27.8 Å². The van der Waals surface area contributed by atoms with Crippen LogP contribution in [0.1, 0.15) is 0 Å². The quantitative estimate of drug-likeness (QED) is 0.156. The van der Waals surface area contributed by atoms with E-state index in [0.29, 0.717) is 0 Å². The predicted molar refractivity (Wildman–Crippen MR) is 236 cm³/mol. The van der Waals surface area contributed by atoms with Gasteiger partial charge >= 0.3 is 0 Å². The lowest BCUT2D eigenvalue weighted by atomic mass is 9.98. The van der Waals surface area contributed by atoms with Crippen LogP contribution in [0.15, 0.2) is 229 Å². The minimum Gasteiger partial charge on any atom is -0.456 e. The zero-order chi connectivity index (χ0) is 37.3. The molecule has 0 radical (unpaired) electrons. The first-order chi connectivity index (χ1) is 27.7. The second-order valence-electron chi connectivity index (χ2n) is 14.2. The molecule has 10 aromatic rings. The molecule has 0 N–H and O–H groups in total. The molecule has 0 bridgehead atoms. The molecule has 264 valence electrons. The van der Waals surface area contributed by atoms with Crippen molar-refractivity contribution in [1.82, 2.24) is 0 Å². The van der Waals surface area contributed by atoms with Crippen molar-refractivity contribution >= 4 is 39.0 Å². The van der Waals surface area contributed by atoms with Gasteiger partial charge < -0.3 is 9.32 Å². The van der Waals surface area contributed by atoms with Crippen LogP contribution in [-0.4, -0.2) is 0 Å². The lowest BCUT2D eigenvalue weighted by Gasteiger charge is -2.26. The highest BCUT2D eigenvalue weighted by Gasteiger charge is 2.15. The SMILES string of the molecule is c1ccc(-c2ccc(-c3ccc(N(c4ccc(-c5cccc(-c6ccccc6)c5)cc4)c4ccc(-c5ccc6oc7ccccc7c6c5)cc4)cc3)cc2)cc1. The van der Waals surface area contributed by atoms with Crippen LogP contribution in [0, 0.1) is 0 Å². The molecule has 0 saturated heterocycles. The van der Waals surface area contributed by atoms with E-state index in [-0.39, 0.29) is 0 Å². The summed E-state index contributed by atoms with van der Waals surface area (Å²) in [6.45, 7) is 0. The van der Waals surface area contributed by atoms with Crippen molar-refractivity contribution in [2.45, 2.75) is 0 Å². The van der Waals surface area contributed by atoms with Crippen molar-refractivity contribution in [3.63, 3.8) is 0 Å². The number of anilines is 3. The molecule has 10 rings (SSSR count). The average Bonchev–Trinajstić information content (AvgIpc) is 3.66. The first kappa shape index (κ1) is 33.2. The van der Waals surface area contributed by atoms with E-state index in [2.05, 4.69) is 217 Å². The summed E-state index contributed by atoms with van der Waals surface area (Å²) in [4.78, 5) is 2.34. The van der Waals surface area contributed by atoms with Crippen molar-refractivity contribution in [3.8, 4) is 55.6 Å². The highest BCUT2D eigenvalue weighted by Crippen LogP contribution is 2.39. The summed E-state index contributed by atoms with van der Waals surface area (Å²) in [5.41, 5.74) is 17.0. The standard InChI is InChI=1S/C54H37NO/c1-3-10-38(11-4-1)40-18-20-41(21-19-40)42-22-29-48(30-23-42)55(49-31-24-43(25-32-49)46-15-9-14-45(36-46)39-12-5-2-6-13-39)50-33-26-44(27-34-50)47-28-35-54-52(37-47)51-16-7-8-17-53(51)56-54/h1-37H. The second-order valence-corrected chi connectivity index (χ2v) is 14.2. The van der Waals surface area contributed by atoms with E-state index in [1.54, 1.807) is 0 Å². The summed E-state index contributed by atoms with van der Waals surface area (Å²) >= 11 is 0. The van der Waals surface area contributed by atoms with E-state index in [9.17, 15) is 0 Å². The van der Waals surface area contributed by atoms with Crippen LogP contribution >= 0.6 is 0 Å². The number of hydrogen-bond donors (Lipinski definition) is 0.